The number of likely N-dealkylation sites (tertiary alicyclic amines) is 1. The Morgan fingerprint density at radius 1 is 0.964 bits per heavy atom. The average Bonchev–Trinajstić information content (AvgIpc) is 3.12. The fourth-order valence-corrected chi connectivity index (χ4v) is 6.57. The molecule has 2 aliphatic carbocycles. The minimum atomic E-state index is -0.570. The van der Waals surface area contributed by atoms with Crippen LogP contribution in [0.2, 0.25) is 0 Å². The monoisotopic (exact) mass is 385 g/mol. The third kappa shape index (κ3) is 3.12. The van der Waals surface area contributed by atoms with Gasteiger partial charge in [0.05, 0.1) is 11.4 Å². The first kappa shape index (κ1) is 18.4. The Bertz CT molecular complexity index is 705. The number of hydrogen-bond acceptors (Lipinski definition) is 4. The number of nitrogens with zero attached hydrogens (tertiary/aromatic N) is 2. The van der Waals surface area contributed by atoms with Crippen LogP contribution in [-0.4, -0.2) is 48.7 Å². The highest BCUT2D eigenvalue weighted by Crippen LogP contribution is 2.45. The molecule has 0 spiro atoms. The number of nitrogens with one attached hydrogen (secondary N) is 1. The van der Waals surface area contributed by atoms with Crippen LogP contribution in [0, 0.1) is 11.8 Å². The molecule has 5 heteroatoms. The van der Waals surface area contributed by atoms with Crippen molar-refractivity contribution in [3.05, 3.63) is 24.3 Å². The molecule has 2 saturated carbocycles. The first-order valence-corrected chi connectivity index (χ1v) is 11.2. The second kappa shape index (κ2) is 7.66. The average molecular weight is 386 g/mol. The van der Waals surface area contributed by atoms with Gasteiger partial charge in [-0.05, 0) is 62.5 Å². The molecule has 4 aliphatic rings. The van der Waals surface area contributed by atoms with E-state index in [1.54, 1.807) is 0 Å². The van der Waals surface area contributed by atoms with Crippen LogP contribution in [0.4, 0.5) is 15.8 Å². The fourth-order valence-electron chi connectivity index (χ4n) is 6.57. The van der Waals surface area contributed by atoms with E-state index < -0.39 is 6.17 Å². The summed E-state index contributed by atoms with van der Waals surface area (Å²) in [6, 6.07) is 9.20. The number of piperidine rings is 1. The van der Waals surface area contributed by atoms with E-state index in [0.717, 1.165) is 62.9 Å². The Kier molecular flexibility index (Phi) is 5.04. The Balaban J connectivity index is 1.27. The maximum absolute atomic E-state index is 14.5. The van der Waals surface area contributed by atoms with Crippen LogP contribution in [-0.2, 0) is 4.79 Å². The summed E-state index contributed by atoms with van der Waals surface area (Å²) in [6.07, 6.45) is 8.94. The molecule has 0 radical (unpaired) electrons. The molecular formula is C23H32FN3O. The third-order valence-corrected chi connectivity index (χ3v) is 7.84. The number of anilines is 2. The largest absolute Gasteiger partial charge is 0.358 e. The number of rotatable bonds is 3. The molecule has 4 nitrogen and oxygen atoms in total. The lowest BCUT2D eigenvalue weighted by Gasteiger charge is -2.50. The zero-order valence-corrected chi connectivity index (χ0v) is 16.6. The third-order valence-electron chi connectivity index (χ3n) is 7.84. The van der Waals surface area contributed by atoms with Crippen molar-refractivity contribution in [1.29, 1.82) is 0 Å². The second-order valence-corrected chi connectivity index (χ2v) is 9.19. The van der Waals surface area contributed by atoms with Gasteiger partial charge in [0.25, 0.3) is 0 Å². The normalized spacial score (nSPS) is 36.5. The summed E-state index contributed by atoms with van der Waals surface area (Å²) in [5.74, 6) is 0.866. The highest BCUT2D eigenvalue weighted by Gasteiger charge is 2.44. The van der Waals surface area contributed by atoms with E-state index in [4.69, 9.17) is 0 Å². The zero-order chi connectivity index (χ0) is 19.1. The number of carbonyl (C=O) groups is 1. The van der Waals surface area contributed by atoms with Gasteiger partial charge in [0.1, 0.15) is 6.17 Å². The summed E-state index contributed by atoms with van der Waals surface area (Å²) in [6.45, 7) is 2.14. The summed E-state index contributed by atoms with van der Waals surface area (Å²) < 4.78 is 14.5. The molecular weight excluding hydrogens is 353 g/mol. The van der Waals surface area contributed by atoms with Crippen LogP contribution in [0.5, 0.6) is 0 Å². The van der Waals surface area contributed by atoms with E-state index in [1.807, 2.05) is 6.07 Å². The van der Waals surface area contributed by atoms with Crippen molar-refractivity contribution >= 4 is 17.7 Å². The van der Waals surface area contributed by atoms with E-state index >= 15 is 0 Å². The molecule has 5 rings (SSSR count). The van der Waals surface area contributed by atoms with Gasteiger partial charge in [0.15, 0.2) is 12.5 Å². The highest BCUT2D eigenvalue weighted by atomic mass is 19.1. The summed E-state index contributed by atoms with van der Waals surface area (Å²) in [5.41, 5.74) is 2.22. The van der Waals surface area contributed by atoms with Crippen LogP contribution >= 0.6 is 0 Å². The van der Waals surface area contributed by atoms with E-state index in [2.05, 4.69) is 33.3 Å². The minimum Gasteiger partial charge on any atom is -0.358 e. The minimum absolute atomic E-state index is 0.251. The van der Waals surface area contributed by atoms with Crippen LogP contribution in [0.15, 0.2) is 24.3 Å². The van der Waals surface area contributed by atoms with Crippen molar-refractivity contribution in [3.8, 4) is 0 Å². The molecule has 1 saturated heterocycles. The van der Waals surface area contributed by atoms with Gasteiger partial charge < -0.3 is 10.2 Å². The quantitative estimate of drug-likeness (QED) is 0.791. The van der Waals surface area contributed by atoms with E-state index in [-0.39, 0.29) is 6.17 Å². The van der Waals surface area contributed by atoms with Crippen LogP contribution in [0.25, 0.3) is 0 Å². The fraction of sp³-hybridized carbons (Fsp3) is 0.696. The van der Waals surface area contributed by atoms with E-state index in [0.29, 0.717) is 23.9 Å². The van der Waals surface area contributed by atoms with Gasteiger partial charge in [-0.1, -0.05) is 25.0 Å². The molecule has 3 fully saturated rings. The topological polar surface area (TPSA) is 35.6 Å². The SMILES string of the molecule is O=CC1Nc2ccccc2N1C1CCN(C2CCCC3C(F)CCCC32)CC1. The van der Waals surface area contributed by atoms with Gasteiger partial charge in [-0.2, -0.15) is 0 Å². The number of benzene rings is 1. The first-order valence-electron chi connectivity index (χ1n) is 11.2. The van der Waals surface area contributed by atoms with Gasteiger partial charge >= 0.3 is 0 Å². The molecule has 28 heavy (non-hydrogen) atoms. The van der Waals surface area contributed by atoms with Gasteiger partial charge in [-0.15, -0.1) is 0 Å². The molecule has 152 valence electrons. The van der Waals surface area contributed by atoms with Crippen LogP contribution < -0.4 is 10.2 Å². The van der Waals surface area contributed by atoms with E-state index in [1.165, 1.54) is 19.3 Å². The number of carbonyl (C=O) groups excluding carboxylic acids is 1. The van der Waals surface area contributed by atoms with Crippen LogP contribution in [0.3, 0.4) is 0 Å². The molecule has 5 unspecified atom stereocenters. The lowest BCUT2D eigenvalue weighted by molar-refractivity contribution is -0.108. The van der Waals surface area contributed by atoms with Gasteiger partial charge in [-0.3, -0.25) is 9.69 Å². The van der Waals surface area contributed by atoms with Crippen molar-refractivity contribution < 1.29 is 9.18 Å². The molecule has 0 amide bonds. The number of alkyl halides is 1. The summed E-state index contributed by atoms with van der Waals surface area (Å²) in [4.78, 5) is 16.6. The lowest BCUT2D eigenvalue weighted by atomic mass is 9.67. The van der Waals surface area contributed by atoms with Crippen molar-refractivity contribution in [2.75, 3.05) is 23.3 Å². The summed E-state index contributed by atoms with van der Waals surface area (Å²) >= 11 is 0. The molecule has 1 aromatic rings. The molecule has 1 N–H and O–H groups in total. The van der Waals surface area contributed by atoms with Crippen molar-refractivity contribution in [1.82, 2.24) is 4.90 Å². The maximum atomic E-state index is 14.5. The van der Waals surface area contributed by atoms with Crippen molar-refractivity contribution in [2.45, 2.75) is 75.8 Å². The number of aldehydes is 1. The lowest BCUT2D eigenvalue weighted by Crippen LogP contribution is -2.55. The Morgan fingerprint density at radius 3 is 2.54 bits per heavy atom. The van der Waals surface area contributed by atoms with Crippen molar-refractivity contribution in [3.63, 3.8) is 0 Å². The van der Waals surface area contributed by atoms with Gasteiger partial charge in [0, 0.05) is 25.2 Å². The number of hydrogen-bond donors (Lipinski definition) is 1. The molecule has 2 heterocycles. The van der Waals surface area contributed by atoms with E-state index in [9.17, 15) is 9.18 Å². The number of para-hydroxylation sites is 2. The van der Waals surface area contributed by atoms with Crippen molar-refractivity contribution in [2.24, 2.45) is 11.8 Å². The predicted octanol–water partition coefficient (Wildman–Crippen LogP) is 4.21. The zero-order valence-electron chi connectivity index (χ0n) is 16.6. The summed E-state index contributed by atoms with van der Waals surface area (Å²) in [7, 11) is 0. The number of fused-ring (bicyclic) bond motifs is 2. The molecule has 0 bridgehead atoms. The molecule has 2 aliphatic heterocycles. The molecule has 0 aromatic heterocycles. The summed E-state index contributed by atoms with van der Waals surface area (Å²) in [5, 5.41) is 3.35. The molecule has 5 atom stereocenters. The standard InChI is InChI=1S/C23H32FN3O/c24-19-7-3-6-18-17(19)5-4-10-21(18)26-13-11-16(12-14-26)27-22-9-2-1-8-20(22)25-23(27)15-28/h1-2,8-9,15-19,21,23,25H,3-7,10-14H2. The van der Waals surface area contributed by atoms with Gasteiger partial charge in [0.2, 0.25) is 0 Å². The first-order chi connectivity index (χ1) is 13.8. The second-order valence-electron chi connectivity index (χ2n) is 9.19. The predicted molar refractivity (Wildman–Crippen MR) is 110 cm³/mol. The Morgan fingerprint density at radius 2 is 1.71 bits per heavy atom. The maximum Gasteiger partial charge on any atom is 0.162 e. The highest BCUT2D eigenvalue weighted by molar-refractivity contribution is 5.84. The number of halogens is 1. The Hall–Kier alpha value is -1.62. The van der Waals surface area contributed by atoms with Crippen LogP contribution in [0.1, 0.15) is 51.4 Å². The Labute approximate surface area is 167 Å². The smallest absolute Gasteiger partial charge is 0.162 e. The van der Waals surface area contributed by atoms with Gasteiger partial charge in [-0.25, -0.2) is 4.39 Å². The molecule has 1 aromatic carbocycles.